The predicted octanol–water partition coefficient (Wildman–Crippen LogP) is -0.0328. The van der Waals surface area contributed by atoms with Crippen molar-refractivity contribution in [3.05, 3.63) is 12.2 Å². The predicted molar refractivity (Wildman–Crippen MR) is 34.7 cm³/mol. The highest BCUT2D eigenvalue weighted by Crippen LogP contribution is 1.97. The van der Waals surface area contributed by atoms with E-state index in [-0.39, 0.29) is 5.78 Å². The van der Waals surface area contributed by atoms with E-state index in [2.05, 4.69) is 0 Å². The highest BCUT2D eigenvalue weighted by Gasteiger charge is 2.05. The fraction of sp³-hybridized carbons (Fsp3) is 0.286. The molecule has 0 fully saturated rings. The molecule has 0 aliphatic heterocycles. The number of carbonyl (C=O) groups is 1. The molecule has 0 atom stereocenters. The topological polar surface area (TPSA) is 51.2 Å². The second kappa shape index (κ2) is 4.45. The molecule has 10 heavy (non-hydrogen) atoms. The molecule has 0 aromatic rings. The van der Waals surface area contributed by atoms with Gasteiger partial charge >= 0.3 is 0 Å². The summed E-state index contributed by atoms with van der Waals surface area (Å²) in [7, 11) is 0. The quantitative estimate of drug-likeness (QED) is 0.514. The lowest BCUT2D eigenvalue weighted by atomic mass is 10.1. The molecule has 0 saturated heterocycles. The molecule has 0 aromatic heterocycles. The lowest BCUT2D eigenvalue weighted by Gasteiger charge is -1.93. The Balaban J connectivity index is 4.40. The van der Waals surface area contributed by atoms with Crippen LogP contribution in [0.2, 0.25) is 0 Å². The van der Waals surface area contributed by atoms with Gasteiger partial charge < -0.3 is 0 Å². The SMILES string of the molecule is CC(=O)C(C=C=O)C=C=O. The van der Waals surface area contributed by atoms with Gasteiger partial charge in [0.05, 0.1) is 5.92 Å². The molecule has 0 heterocycles. The smallest absolute Gasteiger partial charge is 0.141 e. The van der Waals surface area contributed by atoms with Crippen LogP contribution in [-0.2, 0) is 14.4 Å². The van der Waals surface area contributed by atoms with Crippen LogP contribution in [-0.4, -0.2) is 17.7 Å². The lowest BCUT2D eigenvalue weighted by molar-refractivity contribution is -0.118. The van der Waals surface area contributed by atoms with E-state index in [0.29, 0.717) is 0 Å². The van der Waals surface area contributed by atoms with Crippen LogP contribution in [0.4, 0.5) is 0 Å². The van der Waals surface area contributed by atoms with Gasteiger partial charge in [0.15, 0.2) is 0 Å². The van der Waals surface area contributed by atoms with E-state index in [9.17, 15) is 14.4 Å². The summed E-state index contributed by atoms with van der Waals surface area (Å²) < 4.78 is 0. The summed E-state index contributed by atoms with van der Waals surface area (Å²) in [4.78, 5) is 29.9. The highest BCUT2D eigenvalue weighted by atomic mass is 16.1. The molecular formula is C7H6O3. The van der Waals surface area contributed by atoms with Crippen molar-refractivity contribution in [3.8, 4) is 0 Å². The van der Waals surface area contributed by atoms with Crippen LogP contribution in [0.5, 0.6) is 0 Å². The summed E-state index contributed by atoms with van der Waals surface area (Å²) in [5, 5.41) is 0. The van der Waals surface area contributed by atoms with Crippen LogP contribution in [0.3, 0.4) is 0 Å². The average molecular weight is 138 g/mol. The fourth-order valence-electron chi connectivity index (χ4n) is 0.429. The van der Waals surface area contributed by atoms with E-state index < -0.39 is 5.92 Å². The molecule has 0 amide bonds. The molecule has 3 nitrogen and oxygen atoms in total. The number of Topliss-reactive ketones (excluding diaryl/α,β-unsaturated/α-hetero) is 1. The zero-order chi connectivity index (χ0) is 7.98. The number of allylic oxidation sites excluding steroid dienone is 2. The Kier molecular flexibility index (Phi) is 3.81. The molecule has 3 heteroatoms. The van der Waals surface area contributed by atoms with Gasteiger partial charge in [0.25, 0.3) is 0 Å². The third-order valence-corrected chi connectivity index (χ3v) is 0.965. The Labute approximate surface area is 58.0 Å². The molecule has 0 rings (SSSR count). The van der Waals surface area contributed by atoms with Crippen LogP contribution in [0.25, 0.3) is 0 Å². The molecule has 52 valence electrons. The molecule has 0 radical (unpaired) electrons. The van der Waals surface area contributed by atoms with Crippen molar-refractivity contribution in [2.45, 2.75) is 6.92 Å². The van der Waals surface area contributed by atoms with Crippen molar-refractivity contribution in [3.63, 3.8) is 0 Å². The molecule has 0 unspecified atom stereocenters. The Hall–Kier alpha value is -1.43. The van der Waals surface area contributed by atoms with E-state index in [1.807, 2.05) is 0 Å². The first-order valence-electron chi connectivity index (χ1n) is 2.65. The highest BCUT2D eigenvalue weighted by molar-refractivity contribution is 5.85. The largest absolute Gasteiger partial charge is 0.299 e. The van der Waals surface area contributed by atoms with Crippen LogP contribution < -0.4 is 0 Å². The zero-order valence-corrected chi connectivity index (χ0v) is 5.46. The van der Waals surface area contributed by atoms with Gasteiger partial charge in [-0.3, -0.25) is 4.79 Å². The Bertz CT molecular complexity index is 196. The van der Waals surface area contributed by atoms with Gasteiger partial charge in [-0.1, -0.05) is 0 Å². The second-order valence-corrected chi connectivity index (χ2v) is 1.71. The third kappa shape index (κ3) is 2.78. The van der Waals surface area contributed by atoms with E-state index in [1.165, 1.54) is 18.8 Å². The third-order valence-electron chi connectivity index (χ3n) is 0.965. The minimum absolute atomic E-state index is 0.272. The monoisotopic (exact) mass is 138 g/mol. The minimum atomic E-state index is -0.755. The number of carbonyl (C=O) groups excluding carboxylic acids is 3. The molecule has 0 aliphatic rings. The van der Waals surface area contributed by atoms with Crippen LogP contribution >= 0.6 is 0 Å². The van der Waals surface area contributed by atoms with Crippen molar-refractivity contribution in [2.24, 2.45) is 5.92 Å². The molecule has 0 aliphatic carbocycles. The maximum Gasteiger partial charge on any atom is 0.141 e. The zero-order valence-electron chi connectivity index (χ0n) is 5.46. The number of ketones is 1. The number of rotatable bonds is 3. The fourth-order valence-corrected chi connectivity index (χ4v) is 0.429. The summed E-state index contributed by atoms with van der Waals surface area (Å²) in [5.41, 5.74) is 0. The van der Waals surface area contributed by atoms with Gasteiger partial charge in [-0.15, -0.1) is 0 Å². The number of hydrogen-bond donors (Lipinski definition) is 0. The van der Waals surface area contributed by atoms with E-state index in [1.54, 1.807) is 0 Å². The van der Waals surface area contributed by atoms with Gasteiger partial charge in [-0.05, 0) is 6.92 Å². The lowest BCUT2D eigenvalue weighted by Crippen LogP contribution is -2.04. The summed E-state index contributed by atoms with van der Waals surface area (Å²) in [6.07, 6.45) is 1.96. The first-order valence-corrected chi connectivity index (χ1v) is 2.65. The van der Waals surface area contributed by atoms with Crippen molar-refractivity contribution in [1.82, 2.24) is 0 Å². The van der Waals surface area contributed by atoms with E-state index in [4.69, 9.17) is 0 Å². The van der Waals surface area contributed by atoms with E-state index >= 15 is 0 Å². The van der Waals surface area contributed by atoms with Crippen LogP contribution in [0.1, 0.15) is 6.92 Å². The van der Waals surface area contributed by atoms with Crippen molar-refractivity contribution in [2.75, 3.05) is 0 Å². The molecule has 0 aromatic carbocycles. The van der Waals surface area contributed by atoms with Gasteiger partial charge in [-0.25, -0.2) is 9.59 Å². The molecule has 0 saturated carbocycles. The molecule has 0 bridgehead atoms. The molecule has 0 N–H and O–H groups in total. The Morgan fingerprint density at radius 3 is 1.90 bits per heavy atom. The van der Waals surface area contributed by atoms with Crippen molar-refractivity contribution >= 4 is 17.7 Å². The summed E-state index contributed by atoms with van der Waals surface area (Å²) in [6, 6.07) is 0. The van der Waals surface area contributed by atoms with Gasteiger partial charge in [-0.2, -0.15) is 0 Å². The van der Waals surface area contributed by atoms with Gasteiger partial charge in [0, 0.05) is 12.2 Å². The Morgan fingerprint density at radius 1 is 1.30 bits per heavy atom. The molecule has 0 spiro atoms. The number of hydrogen-bond acceptors (Lipinski definition) is 3. The van der Waals surface area contributed by atoms with Crippen molar-refractivity contribution < 1.29 is 14.4 Å². The van der Waals surface area contributed by atoms with Crippen molar-refractivity contribution in [1.29, 1.82) is 0 Å². The minimum Gasteiger partial charge on any atom is -0.299 e. The average Bonchev–Trinajstić information content (AvgIpc) is 1.87. The van der Waals surface area contributed by atoms with Crippen LogP contribution in [0.15, 0.2) is 12.2 Å². The second-order valence-electron chi connectivity index (χ2n) is 1.71. The van der Waals surface area contributed by atoms with Gasteiger partial charge in [0.2, 0.25) is 0 Å². The summed E-state index contributed by atoms with van der Waals surface area (Å²) in [5.74, 6) is 1.83. The standard InChI is InChI=1S/C7H6O3/c1-6(10)7(2-4-8)3-5-9/h2-3,7H,1H3. The summed E-state index contributed by atoms with van der Waals surface area (Å²) >= 11 is 0. The van der Waals surface area contributed by atoms with Gasteiger partial charge in [0.1, 0.15) is 17.7 Å². The normalized spacial score (nSPS) is 10.5. The van der Waals surface area contributed by atoms with Crippen LogP contribution in [0, 0.1) is 5.92 Å². The first-order chi connectivity index (χ1) is 4.72. The molecular weight excluding hydrogens is 132 g/mol. The first kappa shape index (κ1) is 8.57. The van der Waals surface area contributed by atoms with E-state index in [0.717, 1.165) is 12.2 Å². The Morgan fingerprint density at radius 2 is 1.70 bits per heavy atom. The summed E-state index contributed by atoms with van der Waals surface area (Å²) in [6.45, 7) is 1.28. The maximum absolute atomic E-state index is 10.5. The maximum atomic E-state index is 10.5.